The Balaban J connectivity index is 1.25. The maximum atomic E-state index is 2.48. The number of hydrogen-bond donors (Lipinski definition) is 0. The zero-order valence-corrected chi connectivity index (χ0v) is 30.8. The Hall–Kier alpha value is -7.42. The smallest absolute Gasteiger partial charge is 0.0562 e. The van der Waals surface area contributed by atoms with Gasteiger partial charge in [-0.3, -0.25) is 0 Å². The predicted octanol–water partition coefficient (Wildman–Crippen LogP) is 14.9. The summed E-state index contributed by atoms with van der Waals surface area (Å²) < 4.78 is 2.40. The summed E-state index contributed by atoms with van der Waals surface area (Å²) in [5.74, 6) is 0. The van der Waals surface area contributed by atoms with E-state index in [9.17, 15) is 0 Å². The van der Waals surface area contributed by atoms with Crippen molar-refractivity contribution >= 4 is 38.9 Å². The lowest BCUT2D eigenvalue weighted by atomic mass is 9.94. The number of aromatic nitrogens is 1. The van der Waals surface area contributed by atoms with Gasteiger partial charge in [-0.2, -0.15) is 0 Å². The molecule has 0 aliphatic rings. The maximum Gasteiger partial charge on any atom is 0.0562 e. The lowest BCUT2D eigenvalue weighted by molar-refractivity contribution is 1.18. The summed E-state index contributed by atoms with van der Waals surface area (Å²) in [6.07, 6.45) is 0. The van der Waals surface area contributed by atoms with Gasteiger partial charge >= 0.3 is 0 Å². The van der Waals surface area contributed by atoms with E-state index >= 15 is 0 Å². The topological polar surface area (TPSA) is 8.17 Å². The van der Waals surface area contributed by atoms with Crippen LogP contribution in [0.3, 0.4) is 0 Å². The first kappa shape index (κ1) is 33.2. The van der Waals surface area contributed by atoms with Crippen LogP contribution in [0.2, 0.25) is 0 Å². The normalized spacial score (nSPS) is 11.2. The minimum atomic E-state index is 1.08. The van der Waals surface area contributed by atoms with Crippen LogP contribution in [-0.4, -0.2) is 4.57 Å². The summed E-state index contributed by atoms with van der Waals surface area (Å²) in [7, 11) is 0. The molecule has 264 valence electrons. The van der Waals surface area contributed by atoms with E-state index in [1.54, 1.807) is 0 Å². The minimum absolute atomic E-state index is 1.08. The van der Waals surface area contributed by atoms with Crippen molar-refractivity contribution in [2.24, 2.45) is 0 Å². The van der Waals surface area contributed by atoms with Gasteiger partial charge in [0.15, 0.2) is 0 Å². The summed E-state index contributed by atoms with van der Waals surface area (Å²) in [5, 5.41) is 2.41. The third kappa shape index (κ3) is 5.95. The predicted molar refractivity (Wildman–Crippen MR) is 237 cm³/mol. The van der Waals surface area contributed by atoms with Gasteiger partial charge in [0.05, 0.1) is 22.4 Å². The van der Waals surface area contributed by atoms with Crippen LogP contribution < -0.4 is 4.90 Å². The zero-order valence-electron chi connectivity index (χ0n) is 30.8. The molecule has 0 aliphatic carbocycles. The molecule has 0 aliphatic heterocycles. The summed E-state index contributed by atoms with van der Waals surface area (Å²) >= 11 is 0. The summed E-state index contributed by atoms with van der Waals surface area (Å²) in [6, 6.07) is 83.1. The van der Waals surface area contributed by atoms with Crippen LogP contribution >= 0.6 is 0 Å². The maximum absolute atomic E-state index is 2.48. The van der Waals surface area contributed by atoms with Gasteiger partial charge in [-0.05, 0) is 87.5 Å². The van der Waals surface area contributed by atoms with Crippen molar-refractivity contribution in [2.45, 2.75) is 0 Å². The third-order valence-corrected chi connectivity index (χ3v) is 10.8. The lowest BCUT2D eigenvalue weighted by Crippen LogP contribution is -2.12. The van der Waals surface area contributed by atoms with E-state index in [0.29, 0.717) is 0 Å². The molecule has 0 spiro atoms. The van der Waals surface area contributed by atoms with Gasteiger partial charge < -0.3 is 9.47 Å². The molecule has 0 saturated heterocycles. The molecule has 56 heavy (non-hydrogen) atoms. The number of fused-ring (bicyclic) bond motifs is 3. The molecule has 0 atom stereocenters. The van der Waals surface area contributed by atoms with Crippen molar-refractivity contribution in [1.29, 1.82) is 0 Å². The van der Waals surface area contributed by atoms with Crippen molar-refractivity contribution in [3.8, 4) is 50.2 Å². The van der Waals surface area contributed by atoms with E-state index < -0.39 is 0 Å². The van der Waals surface area contributed by atoms with Crippen LogP contribution in [0, 0.1) is 0 Å². The number of benzene rings is 9. The highest BCUT2D eigenvalue weighted by molar-refractivity contribution is 6.17. The number of nitrogens with zero attached hydrogens (tertiary/aromatic N) is 2. The molecule has 0 unspecified atom stereocenters. The van der Waals surface area contributed by atoms with E-state index in [1.165, 1.54) is 49.7 Å². The third-order valence-electron chi connectivity index (χ3n) is 10.8. The summed E-state index contributed by atoms with van der Waals surface area (Å²) in [6.45, 7) is 0. The van der Waals surface area contributed by atoms with Gasteiger partial charge in [-0.15, -0.1) is 0 Å². The Morgan fingerprint density at radius 1 is 0.304 bits per heavy atom. The molecule has 0 bridgehead atoms. The molecule has 2 nitrogen and oxygen atoms in total. The molecule has 10 rings (SSSR count). The molecule has 0 saturated carbocycles. The highest BCUT2D eigenvalue weighted by atomic mass is 15.2. The van der Waals surface area contributed by atoms with Crippen LogP contribution in [0.25, 0.3) is 72.0 Å². The lowest BCUT2D eigenvalue weighted by Gasteiger charge is -2.29. The standard InChI is InChI=1S/C54H38N2/c1-5-18-39(19-6-1)43-34-37-48(41-22-9-3-10-23-41)53(38-43)56(45-35-32-42(33-36-45)47-27-14-13-26-46(47)40-20-7-2-8-21-40)52-31-17-30-51-54(52)49-28-15-16-29-50(49)55(51)44-24-11-4-12-25-44/h1-38H. The van der Waals surface area contributed by atoms with Crippen molar-refractivity contribution in [1.82, 2.24) is 4.57 Å². The van der Waals surface area contributed by atoms with Gasteiger partial charge in [-0.1, -0.05) is 182 Å². The van der Waals surface area contributed by atoms with Crippen LogP contribution in [0.15, 0.2) is 231 Å². The van der Waals surface area contributed by atoms with E-state index in [4.69, 9.17) is 0 Å². The number of para-hydroxylation sites is 2. The van der Waals surface area contributed by atoms with Crippen LogP contribution in [-0.2, 0) is 0 Å². The Kier molecular flexibility index (Phi) is 8.55. The second kappa shape index (κ2) is 14.4. The first-order valence-corrected chi connectivity index (χ1v) is 19.2. The second-order valence-electron chi connectivity index (χ2n) is 14.1. The van der Waals surface area contributed by atoms with E-state index in [-0.39, 0.29) is 0 Å². The average molecular weight is 715 g/mol. The van der Waals surface area contributed by atoms with Crippen molar-refractivity contribution in [2.75, 3.05) is 4.90 Å². The fourth-order valence-corrected chi connectivity index (χ4v) is 8.23. The number of hydrogen-bond acceptors (Lipinski definition) is 1. The van der Waals surface area contributed by atoms with Gasteiger partial charge in [0.25, 0.3) is 0 Å². The van der Waals surface area contributed by atoms with Gasteiger partial charge in [-0.25, -0.2) is 0 Å². The van der Waals surface area contributed by atoms with E-state index in [0.717, 1.165) is 39.4 Å². The monoisotopic (exact) mass is 714 g/mol. The fraction of sp³-hybridized carbons (Fsp3) is 0. The van der Waals surface area contributed by atoms with Gasteiger partial charge in [0.2, 0.25) is 0 Å². The number of anilines is 3. The highest BCUT2D eigenvalue weighted by Crippen LogP contribution is 2.48. The van der Waals surface area contributed by atoms with Gasteiger partial charge in [0.1, 0.15) is 0 Å². The Bertz CT molecular complexity index is 2930. The summed E-state index contributed by atoms with van der Waals surface area (Å²) in [5.41, 5.74) is 16.3. The van der Waals surface area contributed by atoms with Gasteiger partial charge in [0, 0.05) is 27.7 Å². The zero-order chi connectivity index (χ0) is 37.3. The Labute approximate surface area is 327 Å². The Morgan fingerprint density at radius 3 is 1.46 bits per heavy atom. The molecule has 1 heterocycles. The SMILES string of the molecule is c1ccc(-c2ccc(-c3ccccc3)c(N(c3ccc(-c4ccccc4-c4ccccc4)cc3)c3cccc4c3c3ccccc3n4-c3ccccc3)c2)cc1. The summed E-state index contributed by atoms with van der Waals surface area (Å²) in [4.78, 5) is 2.48. The molecule has 1 aromatic heterocycles. The minimum Gasteiger partial charge on any atom is -0.309 e. The Morgan fingerprint density at radius 2 is 0.804 bits per heavy atom. The quantitative estimate of drug-likeness (QED) is 0.152. The van der Waals surface area contributed by atoms with E-state index in [1.807, 2.05) is 0 Å². The largest absolute Gasteiger partial charge is 0.309 e. The molecule has 0 N–H and O–H groups in total. The molecule has 10 aromatic rings. The fourth-order valence-electron chi connectivity index (χ4n) is 8.23. The molecular weight excluding hydrogens is 677 g/mol. The number of rotatable bonds is 8. The van der Waals surface area contributed by atoms with E-state index in [2.05, 4.69) is 240 Å². The first-order valence-electron chi connectivity index (χ1n) is 19.2. The molecule has 0 amide bonds. The second-order valence-corrected chi connectivity index (χ2v) is 14.1. The molecule has 2 heteroatoms. The van der Waals surface area contributed by atoms with Crippen LogP contribution in [0.1, 0.15) is 0 Å². The van der Waals surface area contributed by atoms with Crippen LogP contribution in [0.5, 0.6) is 0 Å². The molecule has 0 fully saturated rings. The first-order chi connectivity index (χ1) is 27.8. The average Bonchev–Trinajstić information content (AvgIpc) is 3.63. The molecule has 0 radical (unpaired) electrons. The van der Waals surface area contributed by atoms with Crippen molar-refractivity contribution in [3.05, 3.63) is 231 Å². The van der Waals surface area contributed by atoms with Crippen molar-refractivity contribution in [3.63, 3.8) is 0 Å². The van der Waals surface area contributed by atoms with Crippen molar-refractivity contribution < 1.29 is 0 Å². The highest BCUT2D eigenvalue weighted by Gasteiger charge is 2.24. The van der Waals surface area contributed by atoms with Crippen LogP contribution in [0.4, 0.5) is 17.1 Å². The molecule has 9 aromatic carbocycles. The molecular formula is C54H38N2.